The van der Waals surface area contributed by atoms with Gasteiger partial charge in [-0.3, -0.25) is 14.6 Å². The summed E-state index contributed by atoms with van der Waals surface area (Å²) in [5.74, 6) is -0.200. The average molecular weight is 457 g/mol. The minimum absolute atomic E-state index is 0.0670. The molecule has 1 unspecified atom stereocenters. The maximum atomic E-state index is 13.3. The molecule has 0 spiro atoms. The molecule has 2 aromatic rings. The number of amides is 1. The fourth-order valence-corrected chi connectivity index (χ4v) is 4.70. The molecule has 32 heavy (non-hydrogen) atoms. The Bertz CT molecular complexity index is 928. The molecule has 1 fully saturated rings. The Labute approximate surface area is 193 Å². The molecule has 1 atom stereocenters. The summed E-state index contributed by atoms with van der Waals surface area (Å²) in [5.41, 5.74) is 5.34. The van der Waals surface area contributed by atoms with Crippen LogP contribution in [-0.2, 0) is 14.3 Å². The lowest BCUT2D eigenvalue weighted by atomic mass is 9.96. The van der Waals surface area contributed by atoms with Crippen LogP contribution in [0.5, 0.6) is 0 Å². The Hall–Kier alpha value is -2.58. The second kappa shape index (κ2) is 12.5. The van der Waals surface area contributed by atoms with Crippen LogP contribution in [0.3, 0.4) is 0 Å². The van der Waals surface area contributed by atoms with E-state index in [1.54, 1.807) is 0 Å². The lowest BCUT2D eigenvalue weighted by Crippen LogP contribution is -2.48. The van der Waals surface area contributed by atoms with Gasteiger partial charge < -0.3 is 15.4 Å². The molecule has 8 heteroatoms. The van der Waals surface area contributed by atoms with Crippen molar-refractivity contribution in [3.63, 3.8) is 0 Å². The maximum absolute atomic E-state index is 13.3. The Kier molecular flexibility index (Phi) is 9.37. The predicted molar refractivity (Wildman–Crippen MR) is 129 cm³/mol. The summed E-state index contributed by atoms with van der Waals surface area (Å²) in [7, 11) is 0. The number of ether oxygens (including phenoxy) is 1. The van der Waals surface area contributed by atoms with Gasteiger partial charge in [-0.15, -0.1) is 0 Å². The normalized spacial score (nSPS) is 15.8. The van der Waals surface area contributed by atoms with Gasteiger partial charge in [0.15, 0.2) is 0 Å². The van der Waals surface area contributed by atoms with Gasteiger partial charge in [0.2, 0.25) is 5.91 Å². The number of nitrogens with zero attached hydrogens (tertiary/aromatic N) is 2. The molecule has 7 nitrogen and oxygen atoms in total. The standard InChI is InChI=1S/C24H32N4O3S/c1-2-31-24(30)19-11-14-28(15-12-19)23(29)22(8-5-13-26-17-25)27-32-21-10-9-18-6-3-4-7-20(18)16-21/h3-4,6-7,9-10,16-17,19,22,27H,2,5,8,11-15H2,1H3,(H2,25,26). The third kappa shape index (κ3) is 6.71. The maximum Gasteiger partial charge on any atom is 0.309 e. The van der Waals surface area contributed by atoms with Gasteiger partial charge >= 0.3 is 5.97 Å². The van der Waals surface area contributed by atoms with Crippen molar-refractivity contribution < 1.29 is 14.3 Å². The van der Waals surface area contributed by atoms with E-state index < -0.39 is 0 Å². The van der Waals surface area contributed by atoms with E-state index >= 15 is 0 Å². The highest BCUT2D eigenvalue weighted by molar-refractivity contribution is 7.97. The highest BCUT2D eigenvalue weighted by atomic mass is 32.2. The van der Waals surface area contributed by atoms with E-state index in [9.17, 15) is 9.59 Å². The van der Waals surface area contributed by atoms with Crippen LogP contribution in [-0.4, -0.2) is 55.4 Å². The first-order valence-electron chi connectivity index (χ1n) is 11.2. The van der Waals surface area contributed by atoms with Crippen molar-refractivity contribution in [3.05, 3.63) is 42.5 Å². The van der Waals surface area contributed by atoms with E-state index in [0.717, 1.165) is 11.3 Å². The van der Waals surface area contributed by atoms with Crippen molar-refractivity contribution in [2.24, 2.45) is 16.6 Å². The number of rotatable bonds is 10. The second-order valence-corrected chi connectivity index (χ2v) is 8.74. The van der Waals surface area contributed by atoms with E-state index in [-0.39, 0.29) is 23.8 Å². The van der Waals surface area contributed by atoms with Crippen molar-refractivity contribution in [2.75, 3.05) is 26.2 Å². The molecule has 3 rings (SSSR count). The zero-order valence-electron chi connectivity index (χ0n) is 18.5. The lowest BCUT2D eigenvalue weighted by Gasteiger charge is -2.33. The molecule has 172 valence electrons. The summed E-state index contributed by atoms with van der Waals surface area (Å²) in [6.07, 6.45) is 4.01. The van der Waals surface area contributed by atoms with Crippen molar-refractivity contribution in [1.82, 2.24) is 9.62 Å². The predicted octanol–water partition coefficient (Wildman–Crippen LogP) is 3.37. The number of nitrogens with two attached hydrogens (primary N) is 1. The summed E-state index contributed by atoms with van der Waals surface area (Å²) in [6, 6.07) is 14.2. The Balaban J connectivity index is 1.61. The van der Waals surface area contributed by atoms with Gasteiger partial charge in [-0.2, -0.15) is 0 Å². The van der Waals surface area contributed by atoms with E-state index in [1.807, 2.05) is 24.0 Å². The SMILES string of the molecule is CCOC(=O)C1CCN(C(=O)C(CCCN=CN)NSc2ccc3ccccc3c2)CC1. The van der Waals surface area contributed by atoms with Gasteiger partial charge in [-0.1, -0.05) is 30.3 Å². The molecule has 3 N–H and O–H groups in total. The summed E-state index contributed by atoms with van der Waals surface area (Å²) in [5, 5.41) is 2.36. The zero-order chi connectivity index (χ0) is 22.8. The largest absolute Gasteiger partial charge is 0.466 e. The van der Waals surface area contributed by atoms with Gasteiger partial charge in [0, 0.05) is 24.5 Å². The summed E-state index contributed by atoms with van der Waals surface area (Å²) >= 11 is 1.48. The first-order chi connectivity index (χ1) is 15.6. The number of aliphatic imine (C=N–C) groups is 1. The van der Waals surface area contributed by atoms with Crippen LogP contribution in [0.15, 0.2) is 52.4 Å². The third-order valence-electron chi connectivity index (χ3n) is 5.65. The molecule has 1 aliphatic rings. The summed E-state index contributed by atoms with van der Waals surface area (Å²) < 4.78 is 8.52. The first-order valence-corrected chi connectivity index (χ1v) is 12.0. The lowest BCUT2D eigenvalue weighted by molar-refractivity contribution is -0.151. The number of benzene rings is 2. The molecule has 0 bridgehead atoms. The molecule has 1 aliphatic heterocycles. The van der Waals surface area contributed by atoms with Crippen LogP contribution < -0.4 is 10.5 Å². The molecule has 1 heterocycles. The van der Waals surface area contributed by atoms with E-state index in [4.69, 9.17) is 10.5 Å². The monoisotopic (exact) mass is 456 g/mol. The van der Waals surface area contributed by atoms with Crippen LogP contribution >= 0.6 is 11.9 Å². The van der Waals surface area contributed by atoms with Crippen LogP contribution in [0.2, 0.25) is 0 Å². The molecular formula is C24H32N4O3S. The first kappa shape index (κ1) is 24.1. The van der Waals surface area contributed by atoms with Crippen molar-refractivity contribution in [2.45, 2.75) is 43.5 Å². The van der Waals surface area contributed by atoms with Gasteiger partial charge in [-0.05, 0) is 67.5 Å². The Morgan fingerprint density at radius 1 is 1.25 bits per heavy atom. The van der Waals surface area contributed by atoms with Gasteiger partial charge in [0.25, 0.3) is 0 Å². The molecule has 1 amide bonds. The minimum Gasteiger partial charge on any atom is -0.466 e. The smallest absolute Gasteiger partial charge is 0.309 e. The topological polar surface area (TPSA) is 97.0 Å². The van der Waals surface area contributed by atoms with Crippen LogP contribution in [0.4, 0.5) is 0 Å². The fraction of sp³-hybridized carbons (Fsp3) is 0.458. The fourth-order valence-electron chi connectivity index (χ4n) is 3.88. The Morgan fingerprint density at radius 2 is 2.00 bits per heavy atom. The average Bonchev–Trinajstić information content (AvgIpc) is 2.83. The number of hydrogen-bond donors (Lipinski definition) is 2. The van der Waals surface area contributed by atoms with Crippen molar-refractivity contribution >= 4 is 40.9 Å². The highest BCUT2D eigenvalue weighted by Crippen LogP contribution is 2.24. The minimum atomic E-state index is -0.335. The number of carbonyl (C=O) groups excluding carboxylic acids is 2. The third-order valence-corrected chi connectivity index (χ3v) is 6.54. The number of esters is 1. The molecule has 0 aromatic heterocycles. The summed E-state index contributed by atoms with van der Waals surface area (Å²) in [4.78, 5) is 32.2. The molecule has 1 saturated heterocycles. The highest BCUT2D eigenvalue weighted by Gasteiger charge is 2.31. The Morgan fingerprint density at radius 3 is 2.72 bits per heavy atom. The number of fused-ring (bicyclic) bond motifs is 1. The van der Waals surface area contributed by atoms with Gasteiger partial charge in [0.05, 0.1) is 24.9 Å². The molecule has 2 aromatic carbocycles. The second-order valence-electron chi connectivity index (χ2n) is 7.83. The van der Waals surface area contributed by atoms with Gasteiger partial charge in [0.1, 0.15) is 0 Å². The molecular weight excluding hydrogens is 424 g/mol. The molecule has 0 aliphatic carbocycles. The van der Waals surface area contributed by atoms with E-state index in [0.29, 0.717) is 45.5 Å². The van der Waals surface area contributed by atoms with Crippen LogP contribution in [0, 0.1) is 5.92 Å². The van der Waals surface area contributed by atoms with Crippen molar-refractivity contribution in [1.29, 1.82) is 0 Å². The van der Waals surface area contributed by atoms with Crippen LogP contribution in [0.25, 0.3) is 10.8 Å². The number of likely N-dealkylation sites (tertiary alicyclic amines) is 1. The summed E-state index contributed by atoms with van der Waals surface area (Å²) in [6.45, 7) is 3.94. The van der Waals surface area contributed by atoms with Crippen LogP contribution in [0.1, 0.15) is 32.6 Å². The number of hydrogen-bond acceptors (Lipinski definition) is 6. The molecule has 0 saturated carbocycles. The van der Waals surface area contributed by atoms with Gasteiger partial charge in [-0.25, -0.2) is 4.72 Å². The van der Waals surface area contributed by atoms with Crippen molar-refractivity contribution in [3.8, 4) is 0 Å². The van der Waals surface area contributed by atoms with E-state index in [2.05, 4.69) is 40.0 Å². The van der Waals surface area contributed by atoms with E-state index in [1.165, 1.54) is 29.1 Å². The number of piperidine rings is 1. The molecule has 0 radical (unpaired) electrons. The number of carbonyl (C=O) groups is 2. The quantitative estimate of drug-likeness (QED) is 0.187. The number of nitrogens with one attached hydrogen (secondary N) is 1. The zero-order valence-corrected chi connectivity index (χ0v) is 19.4.